The molecule has 0 aliphatic rings. The molecule has 7 heteroatoms. The van der Waals surface area contributed by atoms with Crippen LogP contribution in [0.15, 0.2) is 51.8 Å². The number of sulfone groups is 1. The Labute approximate surface area is 129 Å². The summed E-state index contributed by atoms with van der Waals surface area (Å²) in [5.41, 5.74) is 0.400. The van der Waals surface area contributed by atoms with Gasteiger partial charge in [-0.25, -0.2) is 17.6 Å². The van der Waals surface area contributed by atoms with Crippen molar-refractivity contribution in [1.82, 2.24) is 0 Å². The number of hydrogen-bond donors (Lipinski definition) is 1. The zero-order valence-electron chi connectivity index (χ0n) is 10.6. The predicted molar refractivity (Wildman–Crippen MR) is 78.4 cm³/mol. The average molecular weight is 373 g/mol. The van der Waals surface area contributed by atoms with E-state index in [0.717, 1.165) is 6.07 Å². The van der Waals surface area contributed by atoms with Gasteiger partial charge in [0, 0.05) is 4.47 Å². The van der Waals surface area contributed by atoms with E-state index in [2.05, 4.69) is 15.9 Å². The van der Waals surface area contributed by atoms with Crippen LogP contribution in [0, 0.1) is 5.82 Å². The highest BCUT2D eigenvalue weighted by atomic mass is 79.9. The fourth-order valence-corrected chi connectivity index (χ4v) is 3.95. The molecule has 4 nitrogen and oxygen atoms in total. The Hall–Kier alpha value is -1.73. The highest BCUT2D eigenvalue weighted by Gasteiger charge is 2.21. The van der Waals surface area contributed by atoms with Crippen LogP contribution in [0.5, 0.6) is 0 Å². The van der Waals surface area contributed by atoms with Crippen LogP contribution in [0.2, 0.25) is 0 Å². The molecular formula is C14H10BrFO4S. The van der Waals surface area contributed by atoms with E-state index in [4.69, 9.17) is 5.11 Å². The van der Waals surface area contributed by atoms with Crippen LogP contribution in [0.25, 0.3) is 0 Å². The average Bonchev–Trinajstić information content (AvgIpc) is 2.41. The molecule has 1 N–H and O–H groups in total. The molecule has 0 bridgehead atoms. The van der Waals surface area contributed by atoms with E-state index < -0.39 is 27.4 Å². The maximum absolute atomic E-state index is 13.6. The molecule has 21 heavy (non-hydrogen) atoms. The predicted octanol–water partition coefficient (Wildman–Crippen LogP) is 3.26. The number of rotatable bonds is 4. The lowest BCUT2D eigenvalue weighted by molar-refractivity contribution is 0.0697. The summed E-state index contributed by atoms with van der Waals surface area (Å²) in [6.07, 6.45) is 0. The lowest BCUT2D eigenvalue weighted by Gasteiger charge is -2.08. The summed E-state index contributed by atoms with van der Waals surface area (Å²) in [5.74, 6) is -2.34. The first-order valence-corrected chi connectivity index (χ1v) is 8.25. The molecule has 0 aromatic heterocycles. The van der Waals surface area contributed by atoms with Crippen molar-refractivity contribution in [3.05, 3.63) is 63.9 Å². The van der Waals surface area contributed by atoms with Crippen molar-refractivity contribution >= 4 is 31.7 Å². The van der Waals surface area contributed by atoms with Gasteiger partial charge in [0.15, 0.2) is 9.84 Å². The van der Waals surface area contributed by atoms with Crippen molar-refractivity contribution in [2.24, 2.45) is 0 Å². The fourth-order valence-electron chi connectivity index (χ4n) is 1.78. The van der Waals surface area contributed by atoms with Crippen molar-refractivity contribution in [2.45, 2.75) is 10.6 Å². The Bertz CT molecular complexity index is 802. The van der Waals surface area contributed by atoms with Gasteiger partial charge in [-0.05, 0) is 29.8 Å². The zero-order chi connectivity index (χ0) is 15.6. The minimum absolute atomic E-state index is 0.0360. The Morgan fingerprint density at radius 3 is 2.43 bits per heavy atom. The quantitative estimate of drug-likeness (QED) is 0.893. The fraction of sp³-hybridized carbons (Fsp3) is 0.0714. The third kappa shape index (κ3) is 3.48. The molecule has 110 valence electrons. The third-order valence-corrected chi connectivity index (χ3v) is 5.25. The molecule has 2 rings (SSSR count). The smallest absolute Gasteiger partial charge is 0.335 e. The summed E-state index contributed by atoms with van der Waals surface area (Å²) in [7, 11) is -3.85. The molecule has 0 fully saturated rings. The van der Waals surface area contributed by atoms with Crippen LogP contribution in [-0.2, 0) is 15.6 Å². The Morgan fingerprint density at radius 1 is 1.19 bits per heavy atom. The van der Waals surface area contributed by atoms with E-state index in [-0.39, 0.29) is 10.5 Å². The first-order valence-electron chi connectivity index (χ1n) is 5.80. The van der Waals surface area contributed by atoms with Gasteiger partial charge in [0.05, 0.1) is 11.3 Å². The van der Waals surface area contributed by atoms with Crippen molar-refractivity contribution in [3.8, 4) is 0 Å². The van der Waals surface area contributed by atoms with Crippen molar-refractivity contribution in [3.63, 3.8) is 0 Å². The highest BCUT2D eigenvalue weighted by Crippen LogP contribution is 2.25. The number of carboxylic acid groups (broad SMARTS) is 1. The number of carbonyl (C=O) groups is 1. The molecule has 2 aromatic carbocycles. The van der Waals surface area contributed by atoms with Gasteiger partial charge < -0.3 is 5.11 Å². The molecule has 0 radical (unpaired) electrons. The van der Waals surface area contributed by atoms with E-state index in [1.807, 2.05) is 0 Å². The van der Waals surface area contributed by atoms with Crippen LogP contribution < -0.4 is 0 Å². The number of halogens is 2. The molecule has 0 heterocycles. The molecule has 0 unspecified atom stereocenters. The van der Waals surface area contributed by atoms with Gasteiger partial charge in [-0.2, -0.15) is 0 Å². The minimum atomic E-state index is -3.85. The molecular weight excluding hydrogens is 363 g/mol. The highest BCUT2D eigenvalue weighted by molar-refractivity contribution is 9.10. The molecule has 0 saturated carbocycles. The van der Waals surface area contributed by atoms with E-state index in [9.17, 15) is 17.6 Å². The number of carboxylic acids is 1. The topological polar surface area (TPSA) is 71.4 Å². The second-order valence-electron chi connectivity index (χ2n) is 4.30. The summed E-state index contributed by atoms with van der Waals surface area (Å²) in [4.78, 5) is 10.5. The zero-order valence-corrected chi connectivity index (χ0v) is 13.0. The first-order chi connectivity index (χ1) is 9.81. The minimum Gasteiger partial charge on any atom is -0.478 e. The summed E-state index contributed by atoms with van der Waals surface area (Å²) in [6, 6.07) is 9.14. The van der Waals surface area contributed by atoms with Crippen molar-refractivity contribution in [1.29, 1.82) is 0 Å². The molecule has 0 spiro atoms. The second kappa shape index (κ2) is 5.95. The summed E-state index contributed by atoms with van der Waals surface area (Å²) in [6.45, 7) is 0. The standard InChI is InChI=1S/C14H10BrFO4S/c15-11-7-9(14(17)18)5-6-10(11)8-21(19,20)13-4-2-1-3-12(13)16/h1-7H,8H2,(H,17,18). The van der Waals surface area contributed by atoms with Crippen LogP contribution >= 0.6 is 15.9 Å². The molecule has 0 saturated heterocycles. The van der Waals surface area contributed by atoms with E-state index in [1.165, 1.54) is 36.4 Å². The third-order valence-electron chi connectivity index (χ3n) is 2.82. The Balaban J connectivity index is 2.38. The molecule has 0 aliphatic heterocycles. The number of aromatic carboxylic acids is 1. The van der Waals surface area contributed by atoms with E-state index in [1.54, 1.807) is 0 Å². The van der Waals surface area contributed by atoms with Gasteiger partial charge in [0.25, 0.3) is 0 Å². The van der Waals surface area contributed by atoms with Gasteiger partial charge in [-0.3, -0.25) is 0 Å². The molecule has 0 amide bonds. The SMILES string of the molecule is O=C(O)c1ccc(CS(=O)(=O)c2ccccc2F)c(Br)c1. The van der Waals surface area contributed by atoms with Crippen LogP contribution in [0.1, 0.15) is 15.9 Å². The molecule has 0 aliphatic carbocycles. The van der Waals surface area contributed by atoms with Gasteiger partial charge >= 0.3 is 5.97 Å². The monoisotopic (exact) mass is 372 g/mol. The summed E-state index contributed by atoms with van der Waals surface area (Å²) >= 11 is 3.14. The summed E-state index contributed by atoms with van der Waals surface area (Å²) in [5, 5.41) is 8.86. The largest absolute Gasteiger partial charge is 0.478 e. The maximum Gasteiger partial charge on any atom is 0.335 e. The van der Waals surface area contributed by atoms with Gasteiger partial charge in [-0.1, -0.05) is 34.1 Å². The molecule has 0 atom stereocenters. The van der Waals surface area contributed by atoms with Crippen LogP contribution in [-0.4, -0.2) is 19.5 Å². The Morgan fingerprint density at radius 2 is 1.86 bits per heavy atom. The van der Waals surface area contributed by atoms with Crippen LogP contribution in [0.4, 0.5) is 4.39 Å². The summed E-state index contributed by atoms with van der Waals surface area (Å²) < 4.78 is 38.4. The Kier molecular flexibility index (Phi) is 4.43. The van der Waals surface area contributed by atoms with Gasteiger partial charge in [0.1, 0.15) is 10.7 Å². The van der Waals surface area contributed by atoms with Crippen LogP contribution in [0.3, 0.4) is 0 Å². The maximum atomic E-state index is 13.6. The van der Waals surface area contributed by atoms with E-state index in [0.29, 0.717) is 10.0 Å². The molecule has 2 aromatic rings. The number of hydrogen-bond acceptors (Lipinski definition) is 3. The van der Waals surface area contributed by atoms with E-state index >= 15 is 0 Å². The van der Waals surface area contributed by atoms with Crippen molar-refractivity contribution < 1.29 is 22.7 Å². The second-order valence-corrected chi connectivity index (χ2v) is 7.11. The van der Waals surface area contributed by atoms with Gasteiger partial charge in [-0.15, -0.1) is 0 Å². The normalized spacial score (nSPS) is 11.3. The lowest BCUT2D eigenvalue weighted by Crippen LogP contribution is -2.08. The number of benzene rings is 2. The van der Waals surface area contributed by atoms with Crippen molar-refractivity contribution in [2.75, 3.05) is 0 Å². The lowest BCUT2D eigenvalue weighted by atomic mass is 10.1. The van der Waals surface area contributed by atoms with Gasteiger partial charge in [0.2, 0.25) is 0 Å². The first kappa shape index (κ1) is 15.7.